The number of hydrogen-bond acceptors (Lipinski definition) is 8. The van der Waals surface area contributed by atoms with Crippen molar-refractivity contribution in [2.45, 2.75) is 194 Å². The fourth-order valence-corrected chi connectivity index (χ4v) is 5.75. The monoisotopic (exact) mass is 774 g/mol. The largest absolute Gasteiger partial charge is 0.726 e. The summed E-state index contributed by atoms with van der Waals surface area (Å²) >= 11 is 0. The van der Waals surface area contributed by atoms with Crippen LogP contribution in [0.3, 0.4) is 0 Å². The minimum absolute atomic E-state index is 0.0889. The summed E-state index contributed by atoms with van der Waals surface area (Å²) in [5, 5.41) is 0. The van der Waals surface area contributed by atoms with Gasteiger partial charge in [0.25, 0.3) is 0 Å². The van der Waals surface area contributed by atoms with Crippen LogP contribution in [0.15, 0.2) is 24.3 Å². The second-order valence-corrected chi connectivity index (χ2v) is 16.2. The Morgan fingerprint density at radius 1 is 0.509 bits per heavy atom. The molecular weight excluding hydrogens is 691 g/mol. The Kier molecular flexibility index (Phi) is 40.2. The van der Waals surface area contributed by atoms with E-state index in [1.165, 1.54) is 141 Å². The highest BCUT2D eigenvalue weighted by molar-refractivity contribution is 7.80. The van der Waals surface area contributed by atoms with Gasteiger partial charge >= 0.3 is 11.9 Å². The molecule has 314 valence electrons. The predicted octanol–water partition coefficient (Wildman–Crippen LogP) is 11.3. The van der Waals surface area contributed by atoms with Crippen molar-refractivity contribution < 1.29 is 40.7 Å². The zero-order chi connectivity index (χ0) is 39.7. The van der Waals surface area contributed by atoms with Gasteiger partial charge in [-0.25, -0.2) is 8.42 Å². The van der Waals surface area contributed by atoms with E-state index in [1.807, 2.05) is 0 Å². The highest BCUT2D eigenvalue weighted by Gasteiger charge is 2.17. The number of unbranched alkanes of at least 4 members (excludes halogenated alkanes) is 22. The van der Waals surface area contributed by atoms with Crippen LogP contribution in [0.4, 0.5) is 0 Å². The number of nitrogens with zero attached hydrogens (tertiary/aromatic N) is 1. The van der Waals surface area contributed by atoms with Gasteiger partial charge in [0.05, 0.1) is 21.2 Å². The lowest BCUT2D eigenvalue weighted by atomic mass is 10.1. The Morgan fingerprint density at radius 2 is 0.774 bits per heavy atom. The van der Waals surface area contributed by atoms with E-state index < -0.39 is 10.4 Å². The minimum atomic E-state index is -4.41. The van der Waals surface area contributed by atoms with Crippen molar-refractivity contribution in [3.8, 4) is 0 Å². The lowest BCUT2D eigenvalue weighted by Gasteiger charge is -2.29. The second-order valence-electron chi connectivity index (χ2n) is 15.1. The van der Waals surface area contributed by atoms with Gasteiger partial charge < -0.3 is 18.5 Å². The molecule has 10 heteroatoms. The number of carbonyl (C=O) groups excluding carboxylic acids is 2. The van der Waals surface area contributed by atoms with E-state index in [4.69, 9.17) is 9.47 Å². The van der Waals surface area contributed by atoms with Crippen LogP contribution < -0.4 is 0 Å². The molecule has 0 aliphatic rings. The van der Waals surface area contributed by atoms with Crippen molar-refractivity contribution in [2.75, 3.05) is 47.5 Å². The number of esters is 2. The lowest BCUT2D eigenvalue weighted by molar-refractivity contribution is -0.890. The molecule has 0 aliphatic heterocycles. The Balaban J connectivity index is 0. The first-order valence-electron chi connectivity index (χ1n) is 21.4. The Bertz CT molecular complexity index is 921. The first-order chi connectivity index (χ1) is 25.5. The molecule has 0 aromatic rings. The molecule has 0 saturated heterocycles. The number of quaternary nitrogens is 1. The Labute approximate surface area is 327 Å². The highest BCUT2D eigenvalue weighted by atomic mass is 32.3. The summed E-state index contributed by atoms with van der Waals surface area (Å²) in [7, 11) is 0.581. The van der Waals surface area contributed by atoms with E-state index in [2.05, 4.69) is 56.4 Å². The Morgan fingerprint density at radius 3 is 1.06 bits per heavy atom. The fourth-order valence-electron chi connectivity index (χ4n) is 5.75. The summed E-state index contributed by atoms with van der Waals surface area (Å²) in [5.41, 5.74) is 0. The van der Waals surface area contributed by atoms with Crippen LogP contribution in [-0.2, 0) is 33.6 Å². The third-order valence-corrected chi connectivity index (χ3v) is 9.82. The third-order valence-electron chi connectivity index (χ3n) is 9.41. The number of hydrogen-bond donors (Lipinski definition) is 0. The van der Waals surface area contributed by atoms with Crippen LogP contribution in [0.2, 0.25) is 0 Å². The van der Waals surface area contributed by atoms with Gasteiger partial charge in [-0.15, -0.1) is 0 Å². The van der Waals surface area contributed by atoms with Gasteiger partial charge in [0.1, 0.15) is 26.3 Å². The van der Waals surface area contributed by atoms with Crippen LogP contribution in [0.5, 0.6) is 0 Å². The van der Waals surface area contributed by atoms with E-state index >= 15 is 0 Å². The topological polar surface area (TPSA) is 119 Å². The summed E-state index contributed by atoms with van der Waals surface area (Å²) < 4.78 is 42.7. The maximum absolute atomic E-state index is 12.1. The van der Waals surface area contributed by atoms with Gasteiger partial charge in [-0.2, -0.15) is 0 Å². The van der Waals surface area contributed by atoms with Crippen LogP contribution >= 0.6 is 0 Å². The van der Waals surface area contributed by atoms with Gasteiger partial charge in [-0.05, 0) is 64.2 Å². The van der Waals surface area contributed by atoms with Gasteiger partial charge in [-0.1, -0.05) is 141 Å². The number of allylic oxidation sites excluding steroid dienone is 4. The predicted molar refractivity (Wildman–Crippen MR) is 219 cm³/mol. The fraction of sp³-hybridized carbons (Fsp3) is 0.860. The van der Waals surface area contributed by atoms with Gasteiger partial charge in [-0.3, -0.25) is 13.8 Å². The van der Waals surface area contributed by atoms with E-state index in [0.717, 1.165) is 45.9 Å². The van der Waals surface area contributed by atoms with E-state index in [-0.39, 0.29) is 11.9 Å². The number of ether oxygens (including phenoxy) is 2. The van der Waals surface area contributed by atoms with Gasteiger partial charge in [0.2, 0.25) is 10.4 Å². The normalized spacial score (nSPS) is 12.0. The van der Waals surface area contributed by atoms with Gasteiger partial charge in [0.15, 0.2) is 0 Å². The molecule has 53 heavy (non-hydrogen) atoms. The molecule has 0 aliphatic carbocycles. The maximum Gasteiger partial charge on any atom is 0.305 e. The number of likely N-dealkylation sites (N-methyl/N-ethyl adjacent to an activating group) is 1. The molecule has 0 spiro atoms. The molecule has 0 fully saturated rings. The van der Waals surface area contributed by atoms with E-state index in [0.29, 0.717) is 30.5 Å². The standard InChI is InChI=1S/C42H80NO4.CH4O4S/c1-5-7-9-11-13-15-17-19-21-23-25-27-29-31-33-35-41(44)46-39-37-43(3,4)38-40-47-42(45)36-34-32-30-28-26-24-22-20-18-16-14-12-10-8-6-2;1-5-6(2,3)4/h19-22H,5-18,23-40H2,1-4H3;1H3,(H,2,3,4)/q+1;/p-1/b21-19-,22-20-;. The molecule has 0 aromatic heterocycles. The number of carbonyl (C=O) groups is 2. The van der Waals surface area contributed by atoms with Crippen molar-refractivity contribution in [2.24, 2.45) is 0 Å². The summed E-state index contributed by atoms with van der Waals surface area (Å²) in [6.45, 7) is 6.82. The molecule has 0 amide bonds. The molecule has 9 nitrogen and oxygen atoms in total. The van der Waals surface area contributed by atoms with Crippen molar-refractivity contribution in [3.05, 3.63) is 24.3 Å². The molecule has 0 N–H and O–H groups in total. The molecule has 0 radical (unpaired) electrons. The number of rotatable bonds is 37. The molecule has 0 saturated carbocycles. The summed E-state index contributed by atoms with van der Waals surface area (Å²) in [6, 6.07) is 0. The zero-order valence-corrected chi connectivity index (χ0v) is 35.9. The van der Waals surface area contributed by atoms with Crippen LogP contribution in [-0.4, -0.2) is 76.9 Å². The van der Waals surface area contributed by atoms with Crippen molar-refractivity contribution >= 4 is 22.3 Å². The average molecular weight is 774 g/mol. The zero-order valence-electron chi connectivity index (χ0n) is 35.1. The molecule has 0 bridgehead atoms. The van der Waals surface area contributed by atoms with E-state index in [9.17, 15) is 22.6 Å². The third kappa shape index (κ3) is 48.2. The SMILES string of the molecule is CCCCCCCC/C=C\CCCCCCCC(=O)OCC[N+](C)(C)CCOC(=O)CCCCCCC/C=C\CCCCCCCC.COS(=O)(=O)[O-]. The maximum atomic E-state index is 12.1. The molecule has 0 aromatic carbocycles. The minimum Gasteiger partial charge on any atom is -0.726 e. The van der Waals surface area contributed by atoms with Crippen LogP contribution in [0.25, 0.3) is 0 Å². The lowest BCUT2D eigenvalue weighted by Crippen LogP contribution is -2.45. The van der Waals surface area contributed by atoms with Crippen molar-refractivity contribution in [1.82, 2.24) is 0 Å². The summed E-state index contributed by atoms with van der Waals surface area (Å²) in [4.78, 5) is 24.3. The first kappa shape index (κ1) is 53.4. The second kappa shape index (κ2) is 39.9. The van der Waals surface area contributed by atoms with E-state index in [1.54, 1.807) is 0 Å². The average Bonchev–Trinajstić information content (AvgIpc) is 3.11. The van der Waals surface area contributed by atoms with Gasteiger partial charge in [0, 0.05) is 12.8 Å². The highest BCUT2D eigenvalue weighted by Crippen LogP contribution is 2.12. The summed E-state index contributed by atoms with van der Waals surface area (Å²) in [5.74, 6) is -0.178. The molecule has 0 heterocycles. The smallest absolute Gasteiger partial charge is 0.305 e. The Hall–Kier alpha value is -1.75. The molecule has 0 rings (SSSR count). The molecule has 0 unspecified atom stereocenters. The van der Waals surface area contributed by atoms with Crippen molar-refractivity contribution in [3.63, 3.8) is 0 Å². The quantitative estimate of drug-likeness (QED) is 0.0153. The molecular formula is C43H83NO8S. The van der Waals surface area contributed by atoms with Crippen molar-refractivity contribution in [1.29, 1.82) is 0 Å². The first-order valence-corrected chi connectivity index (χ1v) is 22.7. The van der Waals surface area contributed by atoms with Crippen LogP contribution in [0.1, 0.15) is 194 Å². The molecule has 0 atom stereocenters. The summed E-state index contributed by atoms with van der Waals surface area (Å²) in [6.07, 6.45) is 43.1. The van der Waals surface area contributed by atoms with Crippen LogP contribution in [0, 0.1) is 0 Å².